The average Bonchev–Trinajstić information content (AvgIpc) is 2.99. The van der Waals surface area contributed by atoms with Crippen LogP contribution in [-0.4, -0.2) is 69.6 Å². The van der Waals surface area contributed by atoms with Gasteiger partial charge in [-0.1, -0.05) is 52.7 Å². The number of rotatable bonds is 2. The first-order chi connectivity index (χ1) is 15.9. The summed E-state index contributed by atoms with van der Waals surface area (Å²) in [6.45, 7) is 10.6. The summed E-state index contributed by atoms with van der Waals surface area (Å²) in [6, 6.07) is 0. The van der Waals surface area contributed by atoms with Gasteiger partial charge in [0.1, 0.15) is 6.10 Å². The number of aliphatic hydroxyl groups excluding tert-OH is 2. The highest BCUT2D eigenvalue weighted by Gasteiger charge is 2.73. The Bertz CT molecular complexity index is 901. The number of nitrogens with zero attached hydrogens (tertiary/aromatic N) is 1. The number of aliphatic hydroxyl groups is 3. The third-order valence-electron chi connectivity index (χ3n) is 9.59. The number of ether oxygens (including phenoxy) is 1. The Morgan fingerprint density at radius 2 is 1.76 bits per heavy atom. The summed E-state index contributed by atoms with van der Waals surface area (Å²) < 4.78 is 5.96. The van der Waals surface area contributed by atoms with Crippen LogP contribution in [0, 0.1) is 28.6 Å². The molecule has 0 aromatic carbocycles. The van der Waals surface area contributed by atoms with Gasteiger partial charge in [-0.25, -0.2) is 4.79 Å². The molecule has 1 aliphatic heterocycles. The normalized spacial score (nSPS) is 42.1. The number of amides is 1. The van der Waals surface area contributed by atoms with E-state index in [4.69, 9.17) is 4.74 Å². The quantitative estimate of drug-likeness (QED) is 0.530. The minimum absolute atomic E-state index is 0.152. The number of ketones is 1. The zero-order valence-electron chi connectivity index (χ0n) is 21.2. The van der Waals surface area contributed by atoms with Crippen LogP contribution < -0.4 is 0 Å². The van der Waals surface area contributed by atoms with Crippen LogP contribution in [0.4, 0.5) is 4.79 Å². The molecule has 0 aromatic rings. The van der Waals surface area contributed by atoms with Crippen molar-refractivity contribution in [3.05, 3.63) is 23.3 Å². The van der Waals surface area contributed by atoms with Crippen LogP contribution in [0.3, 0.4) is 0 Å². The van der Waals surface area contributed by atoms with Crippen LogP contribution in [0.5, 0.6) is 0 Å². The van der Waals surface area contributed by atoms with Gasteiger partial charge in [0.2, 0.25) is 0 Å². The first kappa shape index (κ1) is 25.4. The molecule has 2 unspecified atom stereocenters. The zero-order chi connectivity index (χ0) is 25.1. The number of likely N-dealkylation sites (tertiary alicyclic amines) is 1. The third-order valence-corrected chi connectivity index (χ3v) is 9.59. The van der Waals surface area contributed by atoms with Gasteiger partial charge in [0, 0.05) is 19.0 Å². The van der Waals surface area contributed by atoms with Crippen molar-refractivity contribution in [3.8, 4) is 0 Å². The molecule has 4 rings (SSSR count). The van der Waals surface area contributed by atoms with Crippen molar-refractivity contribution < 1.29 is 29.6 Å². The maximum atomic E-state index is 14.4. The first-order valence-electron chi connectivity index (χ1n) is 12.8. The van der Waals surface area contributed by atoms with Crippen LogP contribution in [0.1, 0.15) is 66.7 Å². The van der Waals surface area contributed by atoms with Crippen LogP contribution in [-0.2, 0) is 9.53 Å². The van der Waals surface area contributed by atoms with E-state index in [-0.39, 0.29) is 23.2 Å². The highest BCUT2D eigenvalue weighted by atomic mass is 16.6. The second-order valence-corrected chi connectivity index (χ2v) is 11.8. The largest absolute Gasteiger partial charge is 0.438 e. The van der Waals surface area contributed by atoms with Gasteiger partial charge in [0.15, 0.2) is 17.5 Å². The van der Waals surface area contributed by atoms with Gasteiger partial charge in [0.05, 0.1) is 12.0 Å². The predicted molar refractivity (Wildman–Crippen MR) is 128 cm³/mol. The molecule has 4 aliphatic rings. The molecule has 2 bridgehead atoms. The number of hydrogen-bond donors (Lipinski definition) is 3. The number of fused-ring (bicyclic) bond motifs is 1. The van der Waals surface area contributed by atoms with Crippen molar-refractivity contribution in [1.29, 1.82) is 0 Å². The van der Waals surface area contributed by atoms with E-state index < -0.39 is 47.3 Å². The summed E-state index contributed by atoms with van der Waals surface area (Å²) in [7, 11) is 0. The average molecular weight is 476 g/mol. The Kier molecular flexibility index (Phi) is 6.54. The maximum absolute atomic E-state index is 14.4. The van der Waals surface area contributed by atoms with E-state index in [1.54, 1.807) is 24.0 Å². The van der Waals surface area contributed by atoms with Gasteiger partial charge in [0.25, 0.3) is 0 Å². The van der Waals surface area contributed by atoms with Crippen molar-refractivity contribution in [2.75, 3.05) is 19.7 Å². The summed E-state index contributed by atoms with van der Waals surface area (Å²) in [5, 5.41) is 34.2. The molecule has 7 heteroatoms. The lowest BCUT2D eigenvalue weighted by Gasteiger charge is -2.48. The number of allylic oxidation sites excluding steroid dienone is 1. The van der Waals surface area contributed by atoms with E-state index in [9.17, 15) is 24.9 Å². The van der Waals surface area contributed by atoms with Crippen LogP contribution >= 0.6 is 0 Å². The van der Waals surface area contributed by atoms with Gasteiger partial charge in [-0.05, 0) is 54.6 Å². The number of Topliss-reactive ketones (excluding diaryl/α,β-unsaturated/α-hetero) is 1. The fourth-order valence-electron chi connectivity index (χ4n) is 7.08. The molecule has 34 heavy (non-hydrogen) atoms. The standard InChI is InChI=1S/C27H41NO6/c1-16-14-26-18(3)12-17(2)25(4,5)20(22(26)31)13-19(15-29)21(30)27(26,33)23(16)34-24(32)28-10-8-6-7-9-11-28/h13-14,17-18,20-21,23,29-30,33H,6-12,15H2,1-5H3/t17-,18?,20-,21-,23+,26?,27+/m1/s1. The van der Waals surface area contributed by atoms with E-state index in [2.05, 4.69) is 6.92 Å². The fraction of sp³-hybridized carbons (Fsp3) is 0.778. The molecule has 7 nitrogen and oxygen atoms in total. The molecule has 1 saturated heterocycles. The lowest BCUT2D eigenvalue weighted by Crippen LogP contribution is -2.66. The minimum Gasteiger partial charge on any atom is -0.438 e. The molecule has 0 radical (unpaired) electrons. The van der Waals surface area contributed by atoms with E-state index >= 15 is 0 Å². The molecule has 0 aromatic heterocycles. The number of carbonyl (C=O) groups excluding carboxylic acids is 2. The molecule has 1 saturated carbocycles. The highest BCUT2D eigenvalue weighted by molar-refractivity contribution is 5.95. The molecule has 190 valence electrons. The summed E-state index contributed by atoms with van der Waals surface area (Å²) in [6.07, 6.45) is 4.74. The first-order valence-corrected chi connectivity index (χ1v) is 12.8. The molecule has 1 heterocycles. The highest BCUT2D eigenvalue weighted by Crippen LogP contribution is 2.62. The van der Waals surface area contributed by atoms with E-state index in [0.717, 1.165) is 25.7 Å². The molecule has 1 spiro atoms. The molecular weight excluding hydrogens is 434 g/mol. The van der Waals surface area contributed by atoms with Gasteiger partial charge in [-0.2, -0.15) is 0 Å². The van der Waals surface area contributed by atoms with Crippen molar-refractivity contribution in [2.45, 2.75) is 84.5 Å². The smallest absolute Gasteiger partial charge is 0.410 e. The van der Waals surface area contributed by atoms with Crippen molar-refractivity contribution in [3.63, 3.8) is 0 Å². The second kappa shape index (κ2) is 8.75. The molecule has 1 amide bonds. The Morgan fingerprint density at radius 1 is 1.15 bits per heavy atom. The summed E-state index contributed by atoms with van der Waals surface area (Å²) in [5.41, 5.74) is -3.20. The summed E-state index contributed by atoms with van der Waals surface area (Å²) >= 11 is 0. The second-order valence-electron chi connectivity index (χ2n) is 11.8. The van der Waals surface area contributed by atoms with Crippen LogP contribution in [0.25, 0.3) is 0 Å². The van der Waals surface area contributed by atoms with E-state index in [0.29, 0.717) is 25.1 Å². The number of carbonyl (C=O) groups is 2. The summed E-state index contributed by atoms with van der Waals surface area (Å²) in [5.74, 6) is -0.921. The third kappa shape index (κ3) is 3.41. The van der Waals surface area contributed by atoms with Gasteiger partial charge in [-0.3, -0.25) is 4.79 Å². The minimum atomic E-state index is -2.10. The monoisotopic (exact) mass is 475 g/mol. The van der Waals surface area contributed by atoms with Gasteiger partial charge < -0.3 is 25.0 Å². The van der Waals surface area contributed by atoms with Crippen molar-refractivity contribution in [1.82, 2.24) is 4.90 Å². The van der Waals surface area contributed by atoms with Crippen molar-refractivity contribution in [2.24, 2.45) is 28.6 Å². The molecular formula is C27H41NO6. The molecule has 7 atom stereocenters. The maximum Gasteiger partial charge on any atom is 0.410 e. The van der Waals surface area contributed by atoms with Crippen LogP contribution in [0.2, 0.25) is 0 Å². The molecule has 2 fully saturated rings. The van der Waals surface area contributed by atoms with Crippen LogP contribution in [0.15, 0.2) is 23.3 Å². The fourth-order valence-corrected chi connectivity index (χ4v) is 7.08. The zero-order valence-corrected chi connectivity index (χ0v) is 21.2. The Labute approximate surface area is 202 Å². The van der Waals surface area contributed by atoms with Gasteiger partial charge in [-0.15, -0.1) is 0 Å². The van der Waals surface area contributed by atoms with Gasteiger partial charge >= 0.3 is 6.09 Å². The Balaban J connectivity index is 1.83. The van der Waals surface area contributed by atoms with E-state index in [1.165, 1.54) is 0 Å². The lowest BCUT2D eigenvalue weighted by atomic mass is 9.59. The van der Waals surface area contributed by atoms with E-state index in [1.807, 2.05) is 20.8 Å². The van der Waals surface area contributed by atoms with Crippen molar-refractivity contribution >= 4 is 11.9 Å². The lowest BCUT2D eigenvalue weighted by molar-refractivity contribution is -0.190. The SMILES string of the molecule is CC1=CC23C(=O)[C@@H](C=C(CO)[C@@H](O)[C@]2(O)[C@H]1OC(=O)N1CCCCCC1)C(C)(C)[C@H](C)CC3C. The topological polar surface area (TPSA) is 107 Å². The Morgan fingerprint density at radius 3 is 2.35 bits per heavy atom. The Hall–Kier alpha value is -1.70. The molecule has 3 N–H and O–H groups in total. The predicted octanol–water partition coefficient (Wildman–Crippen LogP) is 3.23. The molecule has 3 aliphatic carbocycles. The summed E-state index contributed by atoms with van der Waals surface area (Å²) in [4.78, 5) is 29.2. The number of hydrogen-bond acceptors (Lipinski definition) is 6.